The quantitative estimate of drug-likeness (QED) is 0.498. The molecule has 1 aliphatic heterocycles. The Kier molecular flexibility index (Phi) is 5.18. The van der Waals surface area contributed by atoms with Crippen LogP contribution < -0.4 is 10.2 Å². The predicted octanol–water partition coefficient (Wildman–Crippen LogP) is 2.67. The first kappa shape index (κ1) is 20.7. The van der Waals surface area contributed by atoms with Gasteiger partial charge in [0.1, 0.15) is 5.82 Å². The van der Waals surface area contributed by atoms with E-state index >= 15 is 0 Å². The normalized spacial score (nSPS) is 15.5. The number of nitrogens with one attached hydrogen (secondary N) is 1. The SMILES string of the molecule is CCc1nnc2c(Nc3ccc(N4CCN(S(C)(=O)=O)CC4)cc3)nc3ccccc3n12. The Labute approximate surface area is 186 Å². The molecule has 1 aliphatic rings. The van der Waals surface area contributed by atoms with Gasteiger partial charge in [-0.05, 0) is 36.4 Å². The van der Waals surface area contributed by atoms with Crippen LogP contribution in [0.1, 0.15) is 12.7 Å². The van der Waals surface area contributed by atoms with Gasteiger partial charge in [-0.3, -0.25) is 4.40 Å². The topological polar surface area (TPSA) is 95.7 Å². The summed E-state index contributed by atoms with van der Waals surface area (Å²) in [7, 11) is -3.13. The molecule has 9 nitrogen and oxygen atoms in total. The van der Waals surface area contributed by atoms with Gasteiger partial charge in [-0.15, -0.1) is 10.2 Å². The van der Waals surface area contributed by atoms with E-state index in [2.05, 4.69) is 31.7 Å². The lowest BCUT2D eigenvalue weighted by Gasteiger charge is -2.34. The average Bonchev–Trinajstić information content (AvgIpc) is 3.24. The summed E-state index contributed by atoms with van der Waals surface area (Å²) in [5.74, 6) is 1.55. The third kappa shape index (κ3) is 3.76. The van der Waals surface area contributed by atoms with Gasteiger partial charge in [0, 0.05) is 44.0 Å². The lowest BCUT2D eigenvalue weighted by atomic mass is 10.2. The summed E-state index contributed by atoms with van der Waals surface area (Å²) in [4.78, 5) is 6.98. The Balaban J connectivity index is 1.40. The molecule has 32 heavy (non-hydrogen) atoms. The van der Waals surface area contributed by atoms with Gasteiger partial charge in [-0.1, -0.05) is 19.1 Å². The molecule has 3 heterocycles. The molecule has 4 aromatic rings. The van der Waals surface area contributed by atoms with Gasteiger partial charge in [0.25, 0.3) is 0 Å². The summed E-state index contributed by atoms with van der Waals surface area (Å²) in [6.45, 7) is 4.42. The summed E-state index contributed by atoms with van der Waals surface area (Å²) in [5.41, 5.74) is 4.52. The first-order valence-electron chi connectivity index (χ1n) is 10.6. The fourth-order valence-corrected chi connectivity index (χ4v) is 4.95. The summed E-state index contributed by atoms with van der Waals surface area (Å²) in [6.07, 6.45) is 2.04. The van der Waals surface area contributed by atoms with E-state index in [4.69, 9.17) is 4.98 Å². The van der Waals surface area contributed by atoms with Gasteiger partial charge in [0.05, 0.1) is 17.3 Å². The highest BCUT2D eigenvalue weighted by atomic mass is 32.2. The number of rotatable bonds is 5. The zero-order valence-corrected chi connectivity index (χ0v) is 18.9. The Morgan fingerprint density at radius 1 is 0.969 bits per heavy atom. The van der Waals surface area contributed by atoms with Crippen molar-refractivity contribution >= 4 is 43.9 Å². The summed E-state index contributed by atoms with van der Waals surface area (Å²) in [5, 5.41) is 12.1. The van der Waals surface area contributed by atoms with E-state index < -0.39 is 10.0 Å². The third-order valence-electron chi connectivity index (χ3n) is 5.82. The van der Waals surface area contributed by atoms with Crippen molar-refractivity contribution in [2.75, 3.05) is 42.7 Å². The van der Waals surface area contributed by atoms with Crippen LogP contribution in [0.2, 0.25) is 0 Å². The van der Waals surface area contributed by atoms with E-state index in [1.54, 1.807) is 0 Å². The van der Waals surface area contributed by atoms with Crippen LogP contribution in [0.15, 0.2) is 48.5 Å². The molecule has 0 saturated carbocycles. The molecule has 5 rings (SSSR count). The van der Waals surface area contributed by atoms with Crippen LogP contribution in [0.5, 0.6) is 0 Å². The molecule has 2 aromatic heterocycles. The minimum atomic E-state index is -3.13. The lowest BCUT2D eigenvalue weighted by molar-refractivity contribution is 0.388. The highest BCUT2D eigenvalue weighted by Gasteiger charge is 2.23. The van der Waals surface area contributed by atoms with Gasteiger partial charge in [0.15, 0.2) is 5.82 Å². The maximum Gasteiger partial charge on any atom is 0.211 e. The van der Waals surface area contributed by atoms with E-state index in [1.807, 2.05) is 48.5 Å². The molecule has 0 bridgehead atoms. The maximum atomic E-state index is 11.7. The minimum absolute atomic E-state index is 0.504. The fraction of sp³-hybridized carbons (Fsp3) is 0.318. The standard InChI is InChI=1S/C22H25N7O2S/c1-3-20-25-26-22-21(24-18-6-4-5-7-19(18)29(20)22)23-16-8-10-17(11-9-16)27-12-14-28(15-13-27)32(2,30)31/h4-11H,3,12-15H2,1-2H3,(H,23,24). The second kappa shape index (κ2) is 8.03. The van der Waals surface area contributed by atoms with Crippen LogP contribution in [0.4, 0.5) is 17.2 Å². The van der Waals surface area contributed by atoms with E-state index in [9.17, 15) is 8.42 Å². The number of benzene rings is 2. The van der Waals surface area contributed by atoms with Crippen molar-refractivity contribution in [3.63, 3.8) is 0 Å². The van der Waals surface area contributed by atoms with E-state index in [0.29, 0.717) is 37.6 Å². The molecule has 10 heteroatoms. The first-order valence-corrected chi connectivity index (χ1v) is 12.5. The number of hydrogen-bond donors (Lipinski definition) is 1. The number of fused-ring (bicyclic) bond motifs is 3. The predicted molar refractivity (Wildman–Crippen MR) is 126 cm³/mol. The number of hydrogen-bond acceptors (Lipinski definition) is 7. The Morgan fingerprint density at radius 3 is 2.38 bits per heavy atom. The van der Waals surface area contributed by atoms with Crippen molar-refractivity contribution in [2.24, 2.45) is 0 Å². The van der Waals surface area contributed by atoms with Crippen molar-refractivity contribution in [1.82, 2.24) is 23.9 Å². The van der Waals surface area contributed by atoms with Gasteiger partial charge in [-0.2, -0.15) is 4.31 Å². The number of para-hydroxylation sites is 2. The molecule has 0 unspecified atom stereocenters. The van der Waals surface area contributed by atoms with Gasteiger partial charge in [0.2, 0.25) is 15.7 Å². The van der Waals surface area contributed by atoms with Crippen molar-refractivity contribution in [2.45, 2.75) is 13.3 Å². The molecule has 0 radical (unpaired) electrons. The van der Waals surface area contributed by atoms with Crippen molar-refractivity contribution in [1.29, 1.82) is 0 Å². The molecule has 0 aliphatic carbocycles. The molecular formula is C22H25N7O2S. The van der Waals surface area contributed by atoms with Crippen molar-refractivity contribution in [3.8, 4) is 0 Å². The largest absolute Gasteiger partial charge is 0.369 e. The Bertz CT molecular complexity index is 1370. The number of anilines is 3. The van der Waals surface area contributed by atoms with Crippen LogP contribution >= 0.6 is 0 Å². The summed E-state index contributed by atoms with van der Waals surface area (Å²) < 4.78 is 27.0. The van der Waals surface area contributed by atoms with E-state index in [0.717, 1.165) is 34.7 Å². The fourth-order valence-electron chi connectivity index (χ4n) is 4.12. The second-order valence-electron chi connectivity index (χ2n) is 7.90. The maximum absolute atomic E-state index is 11.7. The number of nitrogens with zero attached hydrogens (tertiary/aromatic N) is 6. The molecule has 166 valence electrons. The second-order valence-corrected chi connectivity index (χ2v) is 9.88. The number of sulfonamides is 1. The average molecular weight is 452 g/mol. The monoisotopic (exact) mass is 451 g/mol. The van der Waals surface area contributed by atoms with Crippen molar-refractivity contribution < 1.29 is 8.42 Å². The molecule has 2 aromatic carbocycles. The molecular weight excluding hydrogens is 426 g/mol. The van der Waals surface area contributed by atoms with Gasteiger partial charge in [-0.25, -0.2) is 13.4 Å². The zero-order valence-electron chi connectivity index (χ0n) is 18.1. The van der Waals surface area contributed by atoms with Crippen LogP contribution in [0.3, 0.4) is 0 Å². The van der Waals surface area contributed by atoms with E-state index in [1.165, 1.54) is 10.6 Å². The molecule has 1 saturated heterocycles. The van der Waals surface area contributed by atoms with Crippen molar-refractivity contribution in [3.05, 3.63) is 54.4 Å². The number of aromatic nitrogens is 4. The molecule has 0 spiro atoms. The van der Waals surface area contributed by atoms with E-state index in [-0.39, 0.29) is 0 Å². The summed E-state index contributed by atoms with van der Waals surface area (Å²) in [6, 6.07) is 16.1. The zero-order chi connectivity index (χ0) is 22.3. The van der Waals surface area contributed by atoms with Gasteiger partial charge < -0.3 is 10.2 Å². The summed E-state index contributed by atoms with van der Waals surface area (Å²) >= 11 is 0. The van der Waals surface area contributed by atoms with Crippen LogP contribution in [0.25, 0.3) is 16.7 Å². The molecule has 1 N–H and O–H groups in total. The van der Waals surface area contributed by atoms with Crippen LogP contribution in [-0.2, 0) is 16.4 Å². The molecule has 0 atom stereocenters. The van der Waals surface area contributed by atoms with Gasteiger partial charge >= 0.3 is 0 Å². The highest BCUT2D eigenvalue weighted by molar-refractivity contribution is 7.88. The Morgan fingerprint density at radius 2 is 1.69 bits per heavy atom. The lowest BCUT2D eigenvalue weighted by Crippen LogP contribution is -2.48. The number of piperazine rings is 1. The molecule has 0 amide bonds. The minimum Gasteiger partial charge on any atom is -0.369 e. The van der Waals surface area contributed by atoms with Crippen LogP contribution in [0, 0.1) is 0 Å². The third-order valence-corrected chi connectivity index (χ3v) is 7.12. The smallest absolute Gasteiger partial charge is 0.211 e. The Hall–Kier alpha value is -3.24. The molecule has 1 fully saturated rings. The van der Waals surface area contributed by atoms with Crippen LogP contribution in [-0.4, -0.2) is 64.7 Å². The first-order chi connectivity index (χ1) is 15.4. The number of aryl methyl sites for hydroxylation is 1. The highest BCUT2D eigenvalue weighted by Crippen LogP contribution is 2.26.